The van der Waals surface area contributed by atoms with Crippen molar-refractivity contribution in [2.45, 2.75) is 13.2 Å². The highest BCUT2D eigenvalue weighted by Crippen LogP contribution is 2.15. The van der Waals surface area contributed by atoms with E-state index in [4.69, 9.17) is 14.9 Å². The number of furan rings is 1. The summed E-state index contributed by atoms with van der Waals surface area (Å²) in [6.45, 7) is 1.00. The molecule has 14 heavy (non-hydrogen) atoms. The molecule has 0 saturated heterocycles. The van der Waals surface area contributed by atoms with Gasteiger partial charge in [-0.2, -0.15) is 0 Å². The van der Waals surface area contributed by atoms with Gasteiger partial charge in [0.2, 0.25) is 0 Å². The van der Waals surface area contributed by atoms with Gasteiger partial charge in [0.15, 0.2) is 5.13 Å². The molecule has 0 aliphatic heterocycles. The number of rotatable bonds is 4. The van der Waals surface area contributed by atoms with Gasteiger partial charge in [0.05, 0.1) is 17.7 Å². The number of nitrogens with two attached hydrogens (primary N) is 1. The number of thiazole rings is 1. The number of hydrogen-bond acceptors (Lipinski definition) is 5. The molecule has 0 aliphatic carbocycles. The van der Waals surface area contributed by atoms with Crippen LogP contribution in [0, 0.1) is 0 Å². The molecule has 0 radical (unpaired) electrons. The van der Waals surface area contributed by atoms with Crippen molar-refractivity contribution < 1.29 is 9.15 Å². The molecule has 0 unspecified atom stereocenters. The van der Waals surface area contributed by atoms with Crippen LogP contribution in [0.3, 0.4) is 0 Å². The zero-order valence-electron chi connectivity index (χ0n) is 7.47. The molecule has 0 aliphatic rings. The summed E-state index contributed by atoms with van der Waals surface area (Å²) in [4.78, 5) is 4.95. The summed E-state index contributed by atoms with van der Waals surface area (Å²) >= 11 is 1.44. The molecule has 0 aromatic carbocycles. The fourth-order valence-corrected chi connectivity index (χ4v) is 1.66. The van der Waals surface area contributed by atoms with Gasteiger partial charge in [-0.3, -0.25) is 0 Å². The lowest BCUT2D eigenvalue weighted by molar-refractivity contribution is 0.0947. The van der Waals surface area contributed by atoms with E-state index in [0.29, 0.717) is 18.3 Å². The van der Waals surface area contributed by atoms with Crippen LogP contribution in [0.15, 0.2) is 29.0 Å². The minimum atomic E-state index is 0.477. The number of nitrogen functional groups attached to an aromatic ring is 1. The third-order valence-corrected chi connectivity index (χ3v) is 2.44. The van der Waals surface area contributed by atoms with Crippen molar-refractivity contribution in [3.8, 4) is 0 Å². The van der Waals surface area contributed by atoms with Gasteiger partial charge >= 0.3 is 0 Å². The molecule has 2 rings (SSSR count). The van der Waals surface area contributed by atoms with Crippen molar-refractivity contribution in [3.63, 3.8) is 0 Å². The summed E-state index contributed by atoms with van der Waals surface area (Å²) in [5.74, 6) is 0.822. The average molecular weight is 210 g/mol. The summed E-state index contributed by atoms with van der Waals surface area (Å²) < 4.78 is 10.5. The number of anilines is 1. The Hall–Kier alpha value is -1.33. The smallest absolute Gasteiger partial charge is 0.180 e. The Morgan fingerprint density at radius 3 is 3.07 bits per heavy atom. The molecule has 2 N–H and O–H groups in total. The lowest BCUT2D eigenvalue weighted by Gasteiger charge is -1.98. The van der Waals surface area contributed by atoms with E-state index in [2.05, 4.69) is 4.98 Å². The van der Waals surface area contributed by atoms with Crippen molar-refractivity contribution in [1.82, 2.24) is 4.98 Å². The zero-order chi connectivity index (χ0) is 9.80. The van der Waals surface area contributed by atoms with Gasteiger partial charge in [-0.1, -0.05) is 11.3 Å². The molecule has 2 heterocycles. The Morgan fingerprint density at radius 1 is 1.50 bits per heavy atom. The van der Waals surface area contributed by atoms with E-state index < -0.39 is 0 Å². The van der Waals surface area contributed by atoms with Gasteiger partial charge in [0, 0.05) is 6.20 Å². The van der Waals surface area contributed by atoms with E-state index in [1.54, 1.807) is 12.5 Å². The maximum Gasteiger partial charge on any atom is 0.180 e. The van der Waals surface area contributed by atoms with E-state index in [0.717, 1.165) is 10.6 Å². The lowest BCUT2D eigenvalue weighted by atomic mass is 10.5. The van der Waals surface area contributed by atoms with Crippen LogP contribution in [-0.2, 0) is 18.0 Å². The minimum Gasteiger partial charge on any atom is -0.467 e. The van der Waals surface area contributed by atoms with Crippen LogP contribution in [0.5, 0.6) is 0 Å². The highest BCUT2D eigenvalue weighted by atomic mass is 32.1. The van der Waals surface area contributed by atoms with Crippen molar-refractivity contribution in [1.29, 1.82) is 0 Å². The van der Waals surface area contributed by atoms with Gasteiger partial charge in [-0.25, -0.2) is 4.98 Å². The summed E-state index contributed by atoms with van der Waals surface area (Å²) in [7, 11) is 0. The molecule has 0 saturated carbocycles. The monoisotopic (exact) mass is 210 g/mol. The third kappa shape index (κ3) is 2.34. The first-order valence-electron chi connectivity index (χ1n) is 4.15. The van der Waals surface area contributed by atoms with E-state index in [9.17, 15) is 0 Å². The van der Waals surface area contributed by atoms with Crippen LogP contribution < -0.4 is 5.73 Å². The molecule has 0 amide bonds. The van der Waals surface area contributed by atoms with Gasteiger partial charge in [-0.05, 0) is 12.1 Å². The predicted octanol–water partition coefficient (Wildman–Crippen LogP) is 2.04. The van der Waals surface area contributed by atoms with Gasteiger partial charge < -0.3 is 14.9 Å². The second kappa shape index (κ2) is 4.26. The SMILES string of the molecule is Nc1ncc(COCc2ccco2)s1. The quantitative estimate of drug-likeness (QED) is 0.838. The first-order valence-corrected chi connectivity index (χ1v) is 4.96. The topological polar surface area (TPSA) is 61.3 Å². The first-order chi connectivity index (χ1) is 6.84. The van der Waals surface area contributed by atoms with Gasteiger partial charge in [-0.15, -0.1) is 0 Å². The van der Waals surface area contributed by atoms with Gasteiger partial charge in [0.25, 0.3) is 0 Å². The minimum absolute atomic E-state index is 0.477. The Morgan fingerprint density at radius 2 is 2.43 bits per heavy atom. The van der Waals surface area contributed by atoms with Crippen LogP contribution >= 0.6 is 11.3 Å². The van der Waals surface area contributed by atoms with Crippen LogP contribution in [0.2, 0.25) is 0 Å². The Bertz CT molecular complexity index is 383. The molecule has 0 spiro atoms. The highest BCUT2D eigenvalue weighted by Gasteiger charge is 2.00. The fraction of sp³-hybridized carbons (Fsp3) is 0.222. The molecular formula is C9H10N2O2S. The molecule has 0 bridgehead atoms. The summed E-state index contributed by atoms with van der Waals surface area (Å²) in [6.07, 6.45) is 3.35. The van der Waals surface area contributed by atoms with Crippen molar-refractivity contribution in [2.24, 2.45) is 0 Å². The third-order valence-electron chi connectivity index (χ3n) is 1.64. The summed E-state index contributed by atoms with van der Waals surface area (Å²) in [5, 5.41) is 0.571. The molecule has 0 atom stereocenters. The molecule has 2 aromatic heterocycles. The van der Waals surface area contributed by atoms with Gasteiger partial charge in [0.1, 0.15) is 12.4 Å². The maximum absolute atomic E-state index is 5.48. The Labute approximate surface area is 85.3 Å². The maximum atomic E-state index is 5.48. The van der Waals surface area contributed by atoms with Crippen LogP contribution in [0.1, 0.15) is 10.6 Å². The number of ether oxygens (including phenoxy) is 1. The van der Waals surface area contributed by atoms with E-state index in [-0.39, 0.29) is 0 Å². The highest BCUT2D eigenvalue weighted by molar-refractivity contribution is 7.15. The summed E-state index contributed by atoms with van der Waals surface area (Å²) in [6, 6.07) is 3.71. The van der Waals surface area contributed by atoms with Crippen molar-refractivity contribution >= 4 is 16.5 Å². The van der Waals surface area contributed by atoms with Crippen LogP contribution in [-0.4, -0.2) is 4.98 Å². The molecule has 74 valence electrons. The number of hydrogen-bond donors (Lipinski definition) is 1. The second-order valence-electron chi connectivity index (χ2n) is 2.74. The average Bonchev–Trinajstić information content (AvgIpc) is 2.77. The normalized spacial score (nSPS) is 10.6. The molecular weight excluding hydrogens is 200 g/mol. The fourth-order valence-electron chi connectivity index (χ4n) is 1.04. The second-order valence-corrected chi connectivity index (χ2v) is 3.88. The zero-order valence-corrected chi connectivity index (χ0v) is 8.29. The van der Waals surface area contributed by atoms with E-state index in [1.807, 2.05) is 12.1 Å². The number of nitrogens with zero attached hydrogens (tertiary/aromatic N) is 1. The van der Waals surface area contributed by atoms with Crippen molar-refractivity contribution in [2.75, 3.05) is 5.73 Å². The van der Waals surface area contributed by atoms with Crippen LogP contribution in [0.25, 0.3) is 0 Å². The molecule has 4 nitrogen and oxygen atoms in total. The lowest BCUT2D eigenvalue weighted by Crippen LogP contribution is -1.90. The largest absolute Gasteiger partial charge is 0.467 e. The van der Waals surface area contributed by atoms with Crippen LogP contribution in [0.4, 0.5) is 5.13 Å². The molecule has 2 aromatic rings. The molecule has 5 heteroatoms. The predicted molar refractivity (Wildman–Crippen MR) is 53.7 cm³/mol. The van der Waals surface area contributed by atoms with E-state index >= 15 is 0 Å². The molecule has 0 fully saturated rings. The standard InChI is InChI=1S/C9H10N2O2S/c10-9-11-4-8(14-9)6-12-5-7-2-1-3-13-7/h1-4H,5-6H2,(H2,10,11). The Balaban J connectivity index is 1.78. The van der Waals surface area contributed by atoms with Crippen molar-refractivity contribution in [3.05, 3.63) is 35.2 Å². The Kier molecular flexibility index (Phi) is 2.81. The van der Waals surface area contributed by atoms with E-state index in [1.165, 1.54) is 11.3 Å². The first kappa shape index (κ1) is 9.23. The summed E-state index contributed by atoms with van der Waals surface area (Å²) in [5.41, 5.74) is 5.48. The number of aromatic nitrogens is 1.